The fourth-order valence-corrected chi connectivity index (χ4v) is 5.45. The molecule has 0 bridgehead atoms. The van der Waals surface area contributed by atoms with Crippen molar-refractivity contribution in [1.29, 1.82) is 5.26 Å². The fourth-order valence-electron chi connectivity index (χ4n) is 5.45. The molecule has 3 heterocycles. The van der Waals surface area contributed by atoms with Crippen molar-refractivity contribution >= 4 is 46.2 Å². The van der Waals surface area contributed by atoms with E-state index >= 15 is 0 Å². The highest BCUT2D eigenvalue weighted by Crippen LogP contribution is 2.23. The number of carbonyl (C=O) groups is 3. The van der Waals surface area contributed by atoms with Gasteiger partial charge in [0, 0.05) is 24.2 Å². The summed E-state index contributed by atoms with van der Waals surface area (Å²) in [4.78, 5) is 52.1. The van der Waals surface area contributed by atoms with E-state index in [1.807, 2.05) is 61.6 Å². The molecule has 14 nitrogen and oxygen atoms in total. The maximum Gasteiger partial charge on any atom is 0.408 e. The number of rotatable bonds is 8. The Hall–Kier alpha value is -5.58. The van der Waals surface area contributed by atoms with Crippen molar-refractivity contribution in [2.75, 3.05) is 38.6 Å². The third-order valence-electron chi connectivity index (χ3n) is 7.66. The molecule has 0 spiro atoms. The van der Waals surface area contributed by atoms with Crippen LogP contribution in [0.1, 0.15) is 30.6 Å². The minimum Gasteiger partial charge on any atom is -0.461 e. The van der Waals surface area contributed by atoms with Gasteiger partial charge in [0.25, 0.3) is 0 Å². The lowest BCUT2D eigenvalue weighted by atomic mass is 10.1. The summed E-state index contributed by atoms with van der Waals surface area (Å²) in [6, 6.07) is 15.2. The standard InChI is InChI=1S/C32H36N8O6/c1-21-14-23-15-24(11-12-28(23)46-21)35-31(34-20-33)36-25-10-6-7-13-39(30(25)42)18-29(41)40-16-26(27(17-40)38-44-2)37-32(43)45-19-22-8-4-3-5-9-22/h3-5,8-9,11-12,14-15,25-26H,6-7,10,13,16-19H2,1-2H3,(H,37,43)(H2,34,35,36)/t25-,26?/m0/s1. The topological polar surface area (TPSA) is 174 Å². The summed E-state index contributed by atoms with van der Waals surface area (Å²) >= 11 is 0. The molecule has 2 atom stereocenters. The van der Waals surface area contributed by atoms with E-state index in [0.29, 0.717) is 30.8 Å². The van der Waals surface area contributed by atoms with Crippen molar-refractivity contribution in [2.45, 2.75) is 44.9 Å². The summed E-state index contributed by atoms with van der Waals surface area (Å²) in [6.07, 6.45) is 3.10. The number of nitriles is 1. The molecule has 5 rings (SSSR count). The molecule has 46 heavy (non-hydrogen) atoms. The summed E-state index contributed by atoms with van der Waals surface area (Å²) in [5.74, 6) is 0.289. The van der Waals surface area contributed by atoms with E-state index < -0.39 is 18.2 Å². The first-order chi connectivity index (χ1) is 22.3. The molecule has 3 N–H and O–H groups in total. The Kier molecular flexibility index (Phi) is 10.3. The van der Waals surface area contributed by atoms with Gasteiger partial charge in [-0.3, -0.25) is 14.9 Å². The van der Waals surface area contributed by atoms with Crippen molar-refractivity contribution < 1.29 is 28.4 Å². The summed E-state index contributed by atoms with van der Waals surface area (Å²) in [7, 11) is 1.39. The van der Waals surface area contributed by atoms with Gasteiger partial charge in [0.2, 0.25) is 17.8 Å². The fraction of sp³-hybridized carbons (Fsp3) is 0.375. The number of furan rings is 1. The third-order valence-corrected chi connectivity index (χ3v) is 7.66. The first-order valence-electron chi connectivity index (χ1n) is 15.0. The monoisotopic (exact) mass is 628 g/mol. The Labute approximate surface area is 266 Å². The quantitative estimate of drug-likeness (QED) is 0.111. The summed E-state index contributed by atoms with van der Waals surface area (Å²) in [5, 5.41) is 22.6. The van der Waals surface area contributed by atoms with Crippen molar-refractivity contribution in [3.8, 4) is 6.19 Å². The van der Waals surface area contributed by atoms with E-state index in [4.69, 9.17) is 14.0 Å². The highest BCUT2D eigenvalue weighted by molar-refractivity contribution is 6.00. The van der Waals surface area contributed by atoms with Gasteiger partial charge in [-0.2, -0.15) is 5.26 Å². The number of benzene rings is 2. The Bertz CT molecular complexity index is 1660. The molecular formula is C32H36N8O6. The molecule has 2 fully saturated rings. The van der Waals surface area contributed by atoms with Crippen molar-refractivity contribution in [3.63, 3.8) is 0 Å². The second-order valence-corrected chi connectivity index (χ2v) is 11.0. The van der Waals surface area contributed by atoms with E-state index in [-0.39, 0.29) is 44.0 Å². The van der Waals surface area contributed by atoms with Gasteiger partial charge >= 0.3 is 6.09 Å². The Balaban J connectivity index is 1.21. The van der Waals surface area contributed by atoms with Crippen LogP contribution in [0, 0.1) is 18.4 Å². The van der Waals surface area contributed by atoms with Crippen LogP contribution in [-0.4, -0.2) is 84.8 Å². The van der Waals surface area contributed by atoms with Gasteiger partial charge in [0.05, 0.1) is 19.1 Å². The average Bonchev–Trinajstić information content (AvgIpc) is 3.57. The molecule has 0 aliphatic carbocycles. The Morgan fingerprint density at radius 2 is 1.98 bits per heavy atom. The highest BCUT2D eigenvalue weighted by atomic mass is 16.6. The van der Waals surface area contributed by atoms with Crippen LogP contribution in [0.4, 0.5) is 10.5 Å². The van der Waals surface area contributed by atoms with Crippen molar-refractivity contribution in [2.24, 2.45) is 10.1 Å². The van der Waals surface area contributed by atoms with Gasteiger partial charge in [-0.25, -0.2) is 9.79 Å². The normalized spacial score (nSPS) is 19.5. The van der Waals surface area contributed by atoms with Crippen molar-refractivity contribution in [3.05, 3.63) is 65.9 Å². The molecule has 0 saturated carbocycles. The number of nitrogens with one attached hydrogen (secondary N) is 3. The first-order valence-corrected chi connectivity index (χ1v) is 15.0. The zero-order valence-electron chi connectivity index (χ0n) is 25.7. The maximum atomic E-state index is 13.6. The minimum atomic E-state index is -0.795. The van der Waals surface area contributed by atoms with Gasteiger partial charge in [-0.05, 0) is 56.0 Å². The number of hydrogen-bond donors (Lipinski definition) is 3. The van der Waals surface area contributed by atoms with E-state index in [9.17, 15) is 19.6 Å². The number of alkyl carbamates (subject to hydrolysis) is 1. The smallest absolute Gasteiger partial charge is 0.408 e. The molecule has 3 aromatic rings. The van der Waals surface area contributed by atoms with Crippen LogP contribution < -0.4 is 16.0 Å². The lowest BCUT2D eigenvalue weighted by molar-refractivity contribution is -0.140. The molecular weight excluding hydrogens is 592 g/mol. The average molecular weight is 629 g/mol. The molecule has 2 aliphatic rings. The number of oxime groups is 1. The lowest BCUT2D eigenvalue weighted by Gasteiger charge is -2.25. The van der Waals surface area contributed by atoms with Crippen LogP contribution in [0.15, 0.2) is 69.2 Å². The number of aliphatic imine (C=N–C) groups is 1. The van der Waals surface area contributed by atoms with E-state index in [0.717, 1.165) is 28.7 Å². The number of amides is 3. The second kappa shape index (κ2) is 14.9. The van der Waals surface area contributed by atoms with E-state index in [2.05, 4.69) is 26.1 Å². The molecule has 0 radical (unpaired) electrons. The van der Waals surface area contributed by atoms with Gasteiger partial charge in [-0.15, -0.1) is 0 Å². The van der Waals surface area contributed by atoms with Gasteiger partial charge in [0.15, 0.2) is 6.19 Å². The number of aryl methyl sites for hydroxylation is 1. The van der Waals surface area contributed by atoms with Crippen LogP contribution >= 0.6 is 0 Å². The van der Waals surface area contributed by atoms with Gasteiger partial charge in [0.1, 0.15) is 36.8 Å². The van der Waals surface area contributed by atoms with E-state index in [1.54, 1.807) is 6.07 Å². The Morgan fingerprint density at radius 1 is 1.15 bits per heavy atom. The number of carbonyl (C=O) groups excluding carboxylic acids is 3. The predicted octanol–water partition coefficient (Wildman–Crippen LogP) is 3.10. The zero-order chi connectivity index (χ0) is 32.5. The lowest BCUT2D eigenvalue weighted by Crippen LogP contribution is -2.46. The minimum absolute atomic E-state index is 0.0972. The number of guanidine groups is 1. The summed E-state index contributed by atoms with van der Waals surface area (Å²) in [5.41, 5.74) is 2.70. The largest absolute Gasteiger partial charge is 0.461 e. The second-order valence-electron chi connectivity index (χ2n) is 11.0. The number of anilines is 1. The zero-order valence-corrected chi connectivity index (χ0v) is 25.7. The van der Waals surface area contributed by atoms with Gasteiger partial charge < -0.3 is 34.4 Å². The van der Waals surface area contributed by atoms with E-state index in [1.165, 1.54) is 16.9 Å². The molecule has 2 aliphatic heterocycles. The summed E-state index contributed by atoms with van der Waals surface area (Å²) in [6.45, 7) is 2.45. The van der Waals surface area contributed by atoms with Crippen LogP contribution in [0.25, 0.3) is 11.0 Å². The van der Waals surface area contributed by atoms with Crippen LogP contribution in [0.3, 0.4) is 0 Å². The number of hydrogen-bond acceptors (Lipinski definition) is 9. The predicted molar refractivity (Wildman–Crippen MR) is 170 cm³/mol. The number of fused-ring (bicyclic) bond motifs is 1. The molecule has 2 aromatic carbocycles. The molecule has 1 unspecified atom stereocenters. The summed E-state index contributed by atoms with van der Waals surface area (Å²) < 4.78 is 11.0. The van der Waals surface area contributed by atoms with Crippen molar-refractivity contribution in [1.82, 2.24) is 20.4 Å². The molecule has 14 heteroatoms. The molecule has 2 saturated heterocycles. The third kappa shape index (κ3) is 8.12. The van der Waals surface area contributed by atoms with Crippen LogP contribution in [0.5, 0.6) is 0 Å². The van der Waals surface area contributed by atoms with Crippen LogP contribution in [-0.2, 0) is 25.8 Å². The molecule has 1 aromatic heterocycles. The van der Waals surface area contributed by atoms with Gasteiger partial charge in [-0.1, -0.05) is 35.5 Å². The first kappa shape index (κ1) is 31.8. The molecule has 3 amide bonds. The number of likely N-dealkylation sites (tertiary alicyclic amines) is 2. The highest BCUT2D eigenvalue weighted by Gasteiger charge is 2.36. The SMILES string of the molecule is CON=C1CN(C(=O)CN2CCCC[C@H](N=C(NC#N)Nc3ccc4oc(C)cc4c3)C2=O)CC1NC(=O)OCc1ccccc1. The number of ether oxygens (including phenoxy) is 1. The Morgan fingerprint density at radius 3 is 2.76 bits per heavy atom. The molecule has 240 valence electrons. The van der Waals surface area contributed by atoms with Crippen LogP contribution in [0.2, 0.25) is 0 Å². The number of nitrogens with zero attached hydrogens (tertiary/aromatic N) is 5. The maximum absolute atomic E-state index is 13.6.